The minimum absolute atomic E-state index is 0.0963. The summed E-state index contributed by atoms with van der Waals surface area (Å²) < 4.78 is 28.3. The van der Waals surface area contributed by atoms with Crippen LogP contribution in [0.5, 0.6) is 28.7 Å². The first-order chi connectivity index (χ1) is 14.1. The predicted molar refractivity (Wildman–Crippen MR) is 110 cm³/mol. The molecule has 3 rings (SSSR count). The highest BCUT2D eigenvalue weighted by Gasteiger charge is 2.35. The highest BCUT2D eigenvalue weighted by molar-refractivity contribution is 5.97. The SMILES string of the molecule is CCCOc1c(OC)cccc1[C@@H]1CC(=O)Nc2cc(OC)c(OC)c(OC)c21. The monoisotopic (exact) mass is 401 g/mol. The van der Waals surface area contributed by atoms with E-state index in [1.165, 1.54) is 0 Å². The van der Waals surface area contributed by atoms with E-state index in [1.807, 2.05) is 25.1 Å². The van der Waals surface area contributed by atoms with E-state index in [9.17, 15) is 4.79 Å². The zero-order valence-electron chi connectivity index (χ0n) is 17.5. The summed E-state index contributed by atoms with van der Waals surface area (Å²) in [5, 5.41) is 2.93. The van der Waals surface area contributed by atoms with Gasteiger partial charge < -0.3 is 29.0 Å². The largest absolute Gasteiger partial charge is 0.493 e. The van der Waals surface area contributed by atoms with Gasteiger partial charge in [0.05, 0.1) is 40.7 Å². The molecular weight excluding hydrogens is 374 g/mol. The first kappa shape index (κ1) is 20.6. The van der Waals surface area contributed by atoms with E-state index in [2.05, 4.69) is 5.32 Å². The maximum atomic E-state index is 12.5. The molecule has 1 atom stereocenters. The van der Waals surface area contributed by atoms with Gasteiger partial charge in [-0.3, -0.25) is 4.79 Å². The maximum Gasteiger partial charge on any atom is 0.225 e. The second-order valence-electron chi connectivity index (χ2n) is 6.64. The highest BCUT2D eigenvalue weighted by Crippen LogP contribution is 2.53. The summed E-state index contributed by atoms with van der Waals surface area (Å²) >= 11 is 0. The van der Waals surface area contributed by atoms with Crippen molar-refractivity contribution in [1.29, 1.82) is 0 Å². The molecule has 0 bridgehead atoms. The first-order valence-corrected chi connectivity index (χ1v) is 9.51. The molecule has 2 aromatic carbocycles. The minimum Gasteiger partial charge on any atom is -0.493 e. The summed E-state index contributed by atoms with van der Waals surface area (Å²) in [6.45, 7) is 2.58. The molecule has 29 heavy (non-hydrogen) atoms. The zero-order valence-corrected chi connectivity index (χ0v) is 17.5. The summed E-state index contributed by atoms with van der Waals surface area (Å²) in [5.74, 6) is 2.36. The standard InChI is InChI=1S/C22H27NO6/c1-6-10-29-20-13(8-7-9-16(20)25-2)14-11-18(24)23-15-12-17(26-3)21(27-4)22(28-5)19(14)15/h7-9,12,14H,6,10-11H2,1-5H3,(H,23,24)/t14-/m0/s1. The molecule has 0 unspecified atom stereocenters. The van der Waals surface area contributed by atoms with Gasteiger partial charge in [0.15, 0.2) is 23.0 Å². The molecule has 0 aliphatic carbocycles. The number of nitrogens with one attached hydrogen (secondary N) is 1. The van der Waals surface area contributed by atoms with Crippen LogP contribution in [0.3, 0.4) is 0 Å². The Kier molecular flexibility index (Phi) is 6.36. The Bertz CT molecular complexity index is 895. The quantitative estimate of drug-likeness (QED) is 0.721. The Hall–Kier alpha value is -3.09. The average molecular weight is 401 g/mol. The van der Waals surface area contributed by atoms with Crippen molar-refractivity contribution in [1.82, 2.24) is 0 Å². The fraction of sp³-hybridized carbons (Fsp3) is 0.409. The van der Waals surface area contributed by atoms with Crippen molar-refractivity contribution in [3.05, 3.63) is 35.4 Å². The predicted octanol–water partition coefficient (Wildman–Crippen LogP) is 3.98. The second kappa shape index (κ2) is 8.94. The third-order valence-corrected chi connectivity index (χ3v) is 4.94. The van der Waals surface area contributed by atoms with Crippen molar-refractivity contribution in [3.8, 4) is 28.7 Å². The number of anilines is 1. The Labute approximate surface area is 170 Å². The topological polar surface area (TPSA) is 75.3 Å². The third-order valence-electron chi connectivity index (χ3n) is 4.94. The van der Waals surface area contributed by atoms with Gasteiger partial charge in [-0.15, -0.1) is 0 Å². The summed E-state index contributed by atoms with van der Waals surface area (Å²) in [7, 11) is 6.29. The number of ether oxygens (including phenoxy) is 5. The zero-order chi connectivity index (χ0) is 21.0. The molecule has 0 saturated carbocycles. The van der Waals surface area contributed by atoms with Gasteiger partial charge in [-0.25, -0.2) is 0 Å². The Morgan fingerprint density at radius 2 is 1.69 bits per heavy atom. The van der Waals surface area contributed by atoms with Crippen molar-refractivity contribution < 1.29 is 28.5 Å². The van der Waals surface area contributed by atoms with Gasteiger partial charge in [0.25, 0.3) is 0 Å². The average Bonchev–Trinajstić information content (AvgIpc) is 2.75. The van der Waals surface area contributed by atoms with E-state index in [1.54, 1.807) is 34.5 Å². The number of carbonyl (C=O) groups excluding carboxylic acids is 1. The number of hydrogen-bond acceptors (Lipinski definition) is 6. The van der Waals surface area contributed by atoms with Gasteiger partial charge in [0.2, 0.25) is 11.7 Å². The molecule has 1 aliphatic rings. The fourth-order valence-corrected chi connectivity index (χ4v) is 3.71. The lowest BCUT2D eigenvalue weighted by Gasteiger charge is -2.30. The molecule has 0 aromatic heterocycles. The summed E-state index contributed by atoms with van der Waals surface area (Å²) in [6, 6.07) is 7.46. The summed E-state index contributed by atoms with van der Waals surface area (Å²) in [6.07, 6.45) is 1.10. The molecule has 7 nitrogen and oxygen atoms in total. The molecule has 2 aromatic rings. The lowest BCUT2D eigenvalue weighted by atomic mass is 9.83. The molecule has 0 saturated heterocycles. The van der Waals surface area contributed by atoms with E-state index in [4.69, 9.17) is 23.7 Å². The number of amides is 1. The molecule has 1 heterocycles. The van der Waals surface area contributed by atoms with Gasteiger partial charge in [0.1, 0.15) is 0 Å². The van der Waals surface area contributed by atoms with Crippen molar-refractivity contribution in [2.45, 2.75) is 25.7 Å². The first-order valence-electron chi connectivity index (χ1n) is 9.51. The lowest BCUT2D eigenvalue weighted by molar-refractivity contribution is -0.116. The van der Waals surface area contributed by atoms with Gasteiger partial charge in [-0.05, 0) is 12.5 Å². The number of para-hydroxylation sites is 1. The van der Waals surface area contributed by atoms with Crippen molar-refractivity contribution in [3.63, 3.8) is 0 Å². The Morgan fingerprint density at radius 3 is 2.31 bits per heavy atom. The molecule has 7 heteroatoms. The van der Waals surface area contributed by atoms with Crippen LogP contribution in [-0.4, -0.2) is 41.0 Å². The Balaban J connectivity index is 2.25. The number of methoxy groups -OCH3 is 4. The molecule has 0 radical (unpaired) electrons. The van der Waals surface area contributed by atoms with Gasteiger partial charge in [0, 0.05) is 29.5 Å². The normalized spacial score (nSPS) is 15.2. The molecule has 0 spiro atoms. The molecule has 0 fully saturated rings. The van der Waals surface area contributed by atoms with Crippen LogP contribution in [0.1, 0.15) is 36.8 Å². The van der Waals surface area contributed by atoms with Crippen molar-refractivity contribution >= 4 is 11.6 Å². The smallest absolute Gasteiger partial charge is 0.225 e. The van der Waals surface area contributed by atoms with E-state index < -0.39 is 0 Å². The van der Waals surface area contributed by atoms with Crippen LogP contribution >= 0.6 is 0 Å². The van der Waals surface area contributed by atoms with Gasteiger partial charge in [-0.1, -0.05) is 19.1 Å². The van der Waals surface area contributed by atoms with Crippen LogP contribution in [0.15, 0.2) is 24.3 Å². The van der Waals surface area contributed by atoms with Crippen LogP contribution in [0.4, 0.5) is 5.69 Å². The maximum absolute atomic E-state index is 12.5. The van der Waals surface area contributed by atoms with E-state index in [0.717, 1.165) is 17.5 Å². The van der Waals surface area contributed by atoms with E-state index >= 15 is 0 Å². The molecule has 156 valence electrons. The molecule has 1 aliphatic heterocycles. The van der Waals surface area contributed by atoms with Crippen molar-refractivity contribution in [2.24, 2.45) is 0 Å². The van der Waals surface area contributed by atoms with Crippen LogP contribution in [0.2, 0.25) is 0 Å². The van der Waals surface area contributed by atoms with Crippen LogP contribution in [0.25, 0.3) is 0 Å². The van der Waals surface area contributed by atoms with Crippen LogP contribution in [0, 0.1) is 0 Å². The highest BCUT2D eigenvalue weighted by atomic mass is 16.5. The van der Waals surface area contributed by atoms with Gasteiger partial charge >= 0.3 is 0 Å². The number of carbonyl (C=O) groups is 1. The van der Waals surface area contributed by atoms with Gasteiger partial charge in [-0.2, -0.15) is 0 Å². The van der Waals surface area contributed by atoms with E-state index in [0.29, 0.717) is 41.0 Å². The van der Waals surface area contributed by atoms with Crippen LogP contribution in [-0.2, 0) is 4.79 Å². The number of benzene rings is 2. The minimum atomic E-state index is -0.296. The summed E-state index contributed by atoms with van der Waals surface area (Å²) in [4.78, 5) is 12.5. The third kappa shape index (κ3) is 3.77. The van der Waals surface area contributed by atoms with Crippen LogP contribution < -0.4 is 29.0 Å². The molecular formula is C22H27NO6. The lowest BCUT2D eigenvalue weighted by Crippen LogP contribution is -2.25. The Morgan fingerprint density at radius 1 is 0.966 bits per heavy atom. The molecule has 1 N–H and O–H groups in total. The van der Waals surface area contributed by atoms with Crippen molar-refractivity contribution in [2.75, 3.05) is 40.4 Å². The summed E-state index contributed by atoms with van der Waals surface area (Å²) in [5.41, 5.74) is 2.31. The van der Waals surface area contributed by atoms with E-state index in [-0.39, 0.29) is 18.2 Å². The number of fused-ring (bicyclic) bond motifs is 1. The number of rotatable bonds is 8. The fourth-order valence-electron chi connectivity index (χ4n) is 3.71. The second-order valence-corrected chi connectivity index (χ2v) is 6.64. The number of hydrogen-bond donors (Lipinski definition) is 1. The molecule has 1 amide bonds.